The Bertz CT molecular complexity index is 173. The average Bonchev–Trinajstić information content (AvgIpc) is 2.34. The van der Waals surface area contributed by atoms with Crippen LogP contribution in [0, 0.1) is 11.8 Å². The van der Waals surface area contributed by atoms with Crippen molar-refractivity contribution in [2.75, 3.05) is 14.2 Å². The molecule has 0 saturated heterocycles. The minimum atomic E-state index is -0.793. The fourth-order valence-corrected chi connectivity index (χ4v) is 1.59. The van der Waals surface area contributed by atoms with E-state index in [0.29, 0.717) is 25.7 Å². The van der Waals surface area contributed by atoms with Crippen LogP contribution in [0.4, 0.5) is 0 Å². The highest BCUT2D eigenvalue weighted by Gasteiger charge is 2.29. The Morgan fingerprint density at radius 2 is 0.938 bits per heavy atom. The van der Waals surface area contributed by atoms with Crippen LogP contribution in [-0.2, 0) is 9.59 Å². The first-order chi connectivity index (χ1) is 7.61. The molecule has 0 aromatic rings. The van der Waals surface area contributed by atoms with Crippen LogP contribution in [-0.4, -0.2) is 46.6 Å². The lowest BCUT2D eigenvalue weighted by Gasteiger charge is -2.22. The van der Waals surface area contributed by atoms with Gasteiger partial charge < -0.3 is 20.4 Å². The summed E-state index contributed by atoms with van der Waals surface area (Å²) < 4.78 is 0. The van der Waals surface area contributed by atoms with Crippen LogP contribution in [0.15, 0.2) is 0 Å². The number of hydrogen-bond donors (Lipinski definition) is 4. The second kappa shape index (κ2) is 10.4. The van der Waals surface area contributed by atoms with Gasteiger partial charge in [-0.05, 0) is 25.7 Å². The summed E-state index contributed by atoms with van der Waals surface area (Å²) >= 11 is 0. The highest BCUT2D eigenvalue weighted by Crippen LogP contribution is 2.28. The Kier molecular flexibility index (Phi) is 11.2. The second-order valence-corrected chi connectivity index (χ2v) is 3.23. The van der Waals surface area contributed by atoms with Gasteiger partial charge in [-0.2, -0.15) is 0 Å². The fourth-order valence-electron chi connectivity index (χ4n) is 1.59. The summed E-state index contributed by atoms with van der Waals surface area (Å²) in [6, 6.07) is 0. The predicted molar refractivity (Wildman–Crippen MR) is 57.0 cm³/mol. The summed E-state index contributed by atoms with van der Waals surface area (Å²) in [6.45, 7) is 0. The molecule has 0 radical (unpaired) electrons. The van der Waals surface area contributed by atoms with E-state index < -0.39 is 11.9 Å². The number of aliphatic carboxylic acids is 2. The van der Waals surface area contributed by atoms with Gasteiger partial charge in [0.25, 0.3) is 0 Å². The lowest BCUT2D eigenvalue weighted by molar-refractivity contribution is -0.148. The average molecular weight is 236 g/mol. The quantitative estimate of drug-likeness (QED) is 0.543. The van der Waals surface area contributed by atoms with E-state index in [2.05, 4.69) is 0 Å². The van der Waals surface area contributed by atoms with Crippen LogP contribution in [0.2, 0.25) is 0 Å². The molecule has 1 rings (SSSR count). The molecule has 4 N–H and O–H groups in total. The van der Waals surface area contributed by atoms with Crippen molar-refractivity contribution in [3.05, 3.63) is 0 Å². The van der Waals surface area contributed by atoms with E-state index in [1.54, 1.807) is 0 Å². The number of hydrogen-bond acceptors (Lipinski definition) is 4. The molecule has 0 bridgehead atoms. The summed E-state index contributed by atoms with van der Waals surface area (Å²) in [5.41, 5.74) is 0. The van der Waals surface area contributed by atoms with E-state index in [1.165, 1.54) is 0 Å². The van der Waals surface area contributed by atoms with Gasteiger partial charge in [0.1, 0.15) is 0 Å². The first-order valence-corrected chi connectivity index (χ1v) is 4.96. The van der Waals surface area contributed by atoms with Crippen LogP contribution in [0.3, 0.4) is 0 Å². The maximum Gasteiger partial charge on any atom is 0.306 e. The number of carboxylic acid groups (broad SMARTS) is 2. The van der Waals surface area contributed by atoms with Crippen LogP contribution in [0.5, 0.6) is 0 Å². The molecule has 0 aliphatic heterocycles. The van der Waals surface area contributed by atoms with Gasteiger partial charge in [-0.3, -0.25) is 9.59 Å². The molecule has 16 heavy (non-hydrogen) atoms. The Morgan fingerprint density at radius 1 is 0.750 bits per heavy atom. The Labute approximate surface area is 94.5 Å². The van der Waals surface area contributed by atoms with Crippen molar-refractivity contribution in [2.24, 2.45) is 11.8 Å². The highest BCUT2D eigenvalue weighted by atomic mass is 16.4. The molecule has 96 valence electrons. The second-order valence-electron chi connectivity index (χ2n) is 3.23. The third-order valence-corrected chi connectivity index (χ3v) is 2.43. The zero-order chi connectivity index (χ0) is 13.1. The van der Waals surface area contributed by atoms with Crippen LogP contribution in [0.25, 0.3) is 0 Å². The zero-order valence-electron chi connectivity index (χ0n) is 9.59. The van der Waals surface area contributed by atoms with E-state index >= 15 is 0 Å². The van der Waals surface area contributed by atoms with Gasteiger partial charge in [0.05, 0.1) is 11.8 Å². The number of aliphatic hydroxyl groups excluding tert-OH is 2. The molecular weight excluding hydrogens is 216 g/mol. The maximum absolute atomic E-state index is 10.5. The number of aliphatic hydroxyl groups is 2. The molecule has 0 aromatic heterocycles. The molecule has 1 aliphatic rings. The van der Waals surface area contributed by atoms with Gasteiger partial charge in [0.15, 0.2) is 0 Å². The monoisotopic (exact) mass is 236 g/mol. The van der Waals surface area contributed by atoms with E-state index in [4.69, 9.17) is 20.4 Å². The van der Waals surface area contributed by atoms with Gasteiger partial charge in [0.2, 0.25) is 0 Å². The molecule has 1 aliphatic carbocycles. The van der Waals surface area contributed by atoms with Crippen LogP contribution < -0.4 is 0 Å². The van der Waals surface area contributed by atoms with Crippen molar-refractivity contribution in [3.63, 3.8) is 0 Å². The molecule has 0 atom stereocenters. The van der Waals surface area contributed by atoms with Crippen molar-refractivity contribution in [2.45, 2.75) is 25.7 Å². The molecule has 1 fully saturated rings. The maximum atomic E-state index is 10.5. The third-order valence-electron chi connectivity index (χ3n) is 2.43. The molecule has 0 unspecified atom stereocenters. The zero-order valence-corrected chi connectivity index (χ0v) is 9.59. The molecule has 1 saturated carbocycles. The van der Waals surface area contributed by atoms with Gasteiger partial charge in [-0.15, -0.1) is 0 Å². The first-order valence-electron chi connectivity index (χ1n) is 4.96. The minimum Gasteiger partial charge on any atom is -0.481 e. The summed E-state index contributed by atoms with van der Waals surface area (Å²) in [7, 11) is 2.00. The molecule has 6 nitrogen and oxygen atoms in total. The lowest BCUT2D eigenvalue weighted by Crippen LogP contribution is -2.25. The summed E-state index contributed by atoms with van der Waals surface area (Å²) in [6.07, 6.45) is 2.03. The van der Waals surface area contributed by atoms with Gasteiger partial charge in [0, 0.05) is 14.2 Å². The molecule has 0 spiro atoms. The number of carboxylic acids is 2. The number of rotatable bonds is 2. The van der Waals surface area contributed by atoms with E-state index in [0.717, 1.165) is 14.2 Å². The van der Waals surface area contributed by atoms with Crippen molar-refractivity contribution < 1.29 is 30.0 Å². The number of carbonyl (C=O) groups is 2. The van der Waals surface area contributed by atoms with Gasteiger partial charge >= 0.3 is 11.9 Å². The van der Waals surface area contributed by atoms with Gasteiger partial charge in [-0.1, -0.05) is 0 Å². The predicted octanol–water partition coefficient (Wildman–Crippen LogP) is 0.179. The molecule has 0 amide bonds. The Balaban J connectivity index is 0. The van der Waals surface area contributed by atoms with Gasteiger partial charge in [-0.25, -0.2) is 0 Å². The van der Waals surface area contributed by atoms with Crippen molar-refractivity contribution in [1.29, 1.82) is 0 Å². The van der Waals surface area contributed by atoms with E-state index in [9.17, 15) is 9.59 Å². The van der Waals surface area contributed by atoms with Crippen LogP contribution in [0.1, 0.15) is 25.7 Å². The van der Waals surface area contributed by atoms with E-state index in [-0.39, 0.29) is 11.8 Å². The highest BCUT2D eigenvalue weighted by molar-refractivity contribution is 5.72. The lowest BCUT2D eigenvalue weighted by atomic mass is 9.82. The Morgan fingerprint density at radius 3 is 1.06 bits per heavy atom. The molecular formula is C10H20O6. The van der Waals surface area contributed by atoms with Crippen molar-refractivity contribution in [1.82, 2.24) is 0 Å². The normalized spacial score (nSPS) is 23.0. The SMILES string of the molecule is CO.CO.O=C(O)C1CCC(C(=O)O)CC1. The molecule has 0 heterocycles. The summed E-state index contributed by atoms with van der Waals surface area (Å²) in [5.74, 6) is -2.22. The van der Waals surface area contributed by atoms with E-state index in [1.807, 2.05) is 0 Å². The largest absolute Gasteiger partial charge is 0.481 e. The minimum absolute atomic E-state index is 0.319. The fraction of sp³-hybridized carbons (Fsp3) is 0.800. The van der Waals surface area contributed by atoms with Crippen molar-refractivity contribution in [3.8, 4) is 0 Å². The van der Waals surface area contributed by atoms with Crippen molar-refractivity contribution >= 4 is 11.9 Å². The Hall–Kier alpha value is -1.14. The topological polar surface area (TPSA) is 115 Å². The third kappa shape index (κ3) is 6.36. The smallest absolute Gasteiger partial charge is 0.306 e. The first kappa shape index (κ1) is 17.3. The van der Waals surface area contributed by atoms with Crippen LogP contribution >= 0.6 is 0 Å². The molecule has 0 aromatic carbocycles. The standard InChI is InChI=1S/C8H12O4.2CH4O/c9-7(10)5-1-2-6(4-3-5)8(11)12;2*1-2/h5-6H,1-4H2,(H,9,10)(H,11,12);2*2H,1H3. The summed E-state index contributed by atoms with van der Waals surface area (Å²) in [4.78, 5) is 21.0. The molecule has 6 heteroatoms. The summed E-state index contributed by atoms with van der Waals surface area (Å²) in [5, 5.41) is 31.2.